The zero-order valence-corrected chi connectivity index (χ0v) is 10.6. The van der Waals surface area contributed by atoms with E-state index < -0.39 is 0 Å². The van der Waals surface area contributed by atoms with Crippen molar-refractivity contribution in [2.45, 2.75) is 19.5 Å². The third kappa shape index (κ3) is 3.58. The van der Waals surface area contributed by atoms with Gasteiger partial charge in [0.05, 0.1) is 6.54 Å². The second-order valence-electron chi connectivity index (χ2n) is 4.00. The van der Waals surface area contributed by atoms with Crippen LogP contribution >= 0.6 is 11.6 Å². The van der Waals surface area contributed by atoms with E-state index in [9.17, 15) is 0 Å². The summed E-state index contributed by atoms with van der Waals surface area (Å²) in [5.74, 6) is 0. The Morgan fingerprint density at radius 1 is 1.35 bits per heavy atom. The van der Waals surface area contributed by atoms with Crippen molar-refractivity contribution < 1.29 is 0 Å². The maximum absolute atomic E-state index is 5.86. The molecule has 0 aliphatic carbocycles. The second kappa shape index (κ2) is 5.84. The first-order chi connectivity index (χ1) is 8.25. The molecule has 0 bridgehead atoms. The summed E-state index contributed by atoms with van der Waals surface area (Å²) in [6.07, 6.45) is 3.76. The molecule has 0 aliphatic heterocycles. The van der Waals surface area contributed by atoms with E-state index in [-0.39, 0.29) is 0 Å². The number of hydrogen-bond donors (Lipinski definition) is 1. The zero-order chi connectivity index (χ0) is 12.1. The third-order valence-corrected chi connectivity index (χ3v) is 2.97. The molecule has 90 valence electrons. The first kappa shape index (κ1) is 12.1. The minimum Gasteiger partial charge on any atom is -0.308 e. The van der Waals surface area contributed by atoms with Crippen LogP contribution in [0.2, 0.25) is 5.02 Å². The molecule has 4 heteroatoms. The molecule has 1 atom stereocenters. The molecule has 2 rings (SSSR count). The zero-order valence-electron chi connectivity index (χ0n) is 9.81. The van der Waals surface area contributed by atoms with Gasteiger partial charge in [0.2, 0.25) is 0 Å². The molecule has 0 radical (unpaired) electrons. The van der Waals surface area contributed by atoms with Gasteiger partial charge < -0.3 is 5.32 Å². The highest BCUT2D eigenvalue weighted by molar-refractivity contribution is 6.30. The van der Waals surface area contributed by atoms with E-state index in [4.69, 9.17) is 11.6 Å². The van der Waals surface area contributed by atoms with Gasteiger partial charge in [-0.15, -0.1) is 0 Å². The Hall–Kier alpha value is -1.32. The maximum Gasteiger partial charge on any atom is 0.0534 e. The Bertz CT molecular complexity index is 436. The molecular formula is C13H16ClN3. The SMILES string of the molecule is C[C@@H](NCCn1cccn1)c1ccc(Cl)cc1. The van der Waals surface area contributed by atoms with E-state index in [2.05, 4.69) is 17.3 Å². The molecule has 2 aromatic rings. The quantitative estimate of drug-likeness (QED) is 0.883. The monoisotopic (exact) mass is 249 g/mol. The van der Waals surface area contributed by atoms with Crippen molar-refractivity contribution in [1.29, 1.82) is 0 Å². The van der Waals surface area contributed by atoms with Crippen molar-refractivity contribution in [2.75, 3.05) is 6.54 Å². The highest BCUT2D eigenvalue weighted by Crippen LogP contribution is 2.15. The molecule has 0 fully saturated rings. The predicted molar refractivity (Wildman–Crippen MR) is 70.1 cm³/mol. The molecular weight excluding hydrogens is 234 g/mol. The molecule has 0 unspecified atom stereocenters. The fourth-order valence-electron chi connectivity index (χ4n) is 1.70. The number of hydrogen-bond acceptors (Lipinski definition) is 2. The van der Waals surface area contributed by atoms with E-state index in [0.717, 1.165) is 18.1 Å². The Labute approximate surface area is 106 Å². The van der Waals surface area contributed by atoms with Crippen LogP contribution in [0.5, 0.6) is 0 Å². The summed E-state index contributed by atoms with van der Waals surface area (Å²) in [6.45, 7) is 3.92. The van der Waals surface area contributed by atoms with Crippen LogP contribution in [-0.2, 0) is 6.54 Å². The average molecular weight is 250 g/mol. The molecule has 0 spiro atoms. The average Bonchev–Trinajstić information content (AvgIpc) is 2.83. The molecule has 0 saturated heterocycles. The summed E-state index contributed by atoms with van der Waals surface area (Å²) < 4.78 is 1.92. The minimum absolute atomic E-state index is 0.322. The van der Waals surface area contributed by atoms with Crippen molar-refractivity contribution in [2.24, 2.45) is 0 Å². The number of aromatic nitrogens is 2. The van der Waals surface area contributed by atoms with E-state index >= 15 is 0 Å². The van der Waals surface area contributed by atoms with Crippen molar-refractivity contribution in [1.82, 2.24) is 15.1 Å². The van der Waals surface area contributed by atoms with Crippen molar-refractivity contribution in [3.8, 4) is 0 Å². The van der Waals surface area contributed by atoms with Crippen molar-refractivity contribution >= 4 is 11.6 Å². The van der Waals surface area contributed by atoms with Crippen LogP contribution in [0.3, 0.4) is 0 Å². The molecule has 1 heterocycles. The lowest BCUT2D eigenvalue weighted by Crippen LogP contribution is -2.23. The van der Waals surface area contributed by atoms with Gasteiger partial charge in [-0.05, 0) is 30.7 Å². The Balaban J connectivity index is 1.81. The smallest absolute Gasteiger partial charge is 0.0534 e. The molecule has 17 heavy (non-hydrogen) atoms. The van der Waals surface area contributed by atoms with Gasteiger partial charge >= 0.3 is 0 Å². The van der Waals surface area contributed by atoms with Crippen LogP contribution in [0.1, 0.15) is 18.5 Å². The molecule has 0 amide bonds. The summed E-state index contributed by atoms with van der Waals surface area (Å²) in [6, 6.07) is 10.2. The minimum atomic E-state index is 0.322. The summed E-state index contributed by atoms with van der Waals surface area (Å²) in [5.41, 5.74) is 1.25. The second-order valence-corrected chi connectivity index (χ2v) is 4.43. The normalized spacial score (nSPS) is 12.6. The Morgan fingerprint density at radius 2 is 2.12 bits per heavy atom. The van der Waals surface area contributed by atoms with Crippen LogP contribution in [0.15, 0.2) is 42.7 Å². The summed E-state index contributed by atoms with van der Waals surface area (Å²) in [5, 5.41) is 8.38. The first-order valence-electron chi connectivity index (χ1n) is 5.72. The molecule has 1 aromatic carbocycles. The Kier molecular flexibility index (Phi) is 4.18. The topological polar surface area (TPSA) is 29.9 Å². The van der Waals surface area contributed by atoms with E-state index in [0.29, 0.717) is 6.04 Å². The van der Waals surface area contributed by atoms with E-state index in [1.165, 1.54) is 5.56 Å². The van der Waals surface area contributed by atoms with Gasteiger partial charge in [-0.1, -0.05) is 23.7 Å². The molecule has 1 N–H and O–H groups in total. The van der Waals surface area contributed by atoms with Gasteiger partial charge in [0, 0.05) is 30.0 Å². The van der Waals surface area contributed by atoms with E-state index in [1.807, 2.05) is 41.2 Å². The van der Waals surface area contributed by atoms with E-state index in [1.54, 1.807) is 6.20 Å². The van der Waals surface area contributed by atoms with Crippen molar-refractivity contribution in [3.05, 3.63) is 53.3 Å². The number of halogens is 1. The molecule has 0 saturated carbocycles. The van der Waals surface area contributed by atoms with Gasteiger partial charge in [-0.3, -0.25) is 4.68 Å². The predicted octanol–water partition coefficient (Wildman–Crippen LogP) is 2.89. The summed E-state index contributed by atoms with van der Waals surface area (Å²) in [4.78, 5) is 0. The lowest BCUT2D eigenvalue weighted by atomic mass is 10.1. The maximum atomic E-state index is 5.86. The fraction of sp³-hybridized carbons (Fsp3) is 0.308. The Morgan fingerprint density at radius 3 is 2.76 bits per heavy atom. The third-order valence-electron chi connectivity index (χ3n) is 2.72. The van der Waals surface area contributed by atoms with Crippen LogP contribution in [0.25, 0.3) is 0 Å². The van der Waals surface area contributed by atoms with Gasteiger partial charge in [0.1, 0.15) is 0 Å². The van der Waals surface area contributed by atoms with Gasteiger partial charge in [0.15, 0.2) is 0 Å². The van der Waals surface area contributed by atoms with Crippen LogP contribution in [0, 0.1) is 0 Å². The van der Waals surface area contributed by atoms with Gasteiger partial charge in [-0.25, -0.2) is 0 Å². The fourth-order valence-corrected chi connectivity index (χ4v) is 1.82. The number of nitrogens with one attached hydrogen (secondary N) is 1. The molecule has 1 aromatic heterocycles. The number of benzene rings is 1. The highest BCUT2D eigenvalue weighted by Gasteiger charge is 2.03. The lowest BCUT2D eigenvalue weighted by Gasteiger charge is -2.14. The molecule has 0 aliphatic rings. The van der Waals surface area contributed by atoms with Crippen LogP contribution in [0.4, 0.5) is 0 Å². The largest absolute Gasteiger partial charge is 0.308 e. The number of nitrogens with zero attached hydrogens (tertiary/aromatic N) is 2. The molecule has 3 nitrogen and oxygen atoms in total. The lowest BCUT2D eigenvalue weighted by molar-refractivity contribution is 0.507. The van der Waals surface area contributed by atoms with Gasteiger partial charge in [-0.2, -0.15) is 5.10 Å². The van der Waals surface area contributed by atoms with Crippen LogP contribution in [-0.4, -0.2) is 16.3 Å². The highest BCUT2D eigenvalue weighted by atomic mass is 35.5. The standard InChI is InChI=1S/C13H16ClN3/c1-11(12-3-5-13(14)6-4-12)15-8-10-17-9-2-7-16-17/h2-7,9,11,15H,8,10H2,1H3/t11-/m1/s1. The number of rotatable bonds is 5. The van der Waals surface area contributed by atoms with Crippen LogP contribution < -0.4 is 5.32 Å². The summed E-state index contributed by atoms with van der Waals surface area (Å²) in [7, 11) is 0. The van der Waals surface area contributed by atoms with Crippen molar-refractivity contribution in [3.63, 3.8) is 0 Å². The summed E-state index contributed by atoms with van der Waals surface area (Å²) >= 11 is 5.86. The van der Waals surface area contributed by atoms with Gasteiger partial charge in [0.25, 0.3) is 0 Å². The first-order valence-corrected chi connectivity index (χ1v) is 6.10.